The first-order chi connectivity index (χ1) is 45.3. The molecule has 0 heterocycles. The van der Waals surface area contributed by atoms with Gasteiger partial charge in [0.15, 0.2) is 0 Å². The van der Waals surface area contributed by atoms with Crippen LogP contribution in [0.3, 0.4) is 0 Å². The van der Waals surface area contributed by atoms with Crippen LogP contribution in [0.4, 0.5) is 0 Å². The lowest BCUT2D eigenvalue weighted by Crippen LogP contribution is -2.49. The fourth-order valence-electron chi connectivity index (χ4n) is 20.0. The highest BCUT2D eigenvalue weighted by Crippen LogP contribution is 2.53. The minimum atomic E-state index is -0.154. The Morgan fingerprint density at radius 1 is 0.323 bits per heavy atom. The summed E-state index contributed by atoms with van der Waals surface area (Å²) in [5.41, 5.74) is 1.15. The fourth-order valence-corrected chi connectivity index (χ4v) is 20.0. The van der Waals surface area contributed by atoms with Crippen LogP contribution < -0.4 is 0 Å². The highest BCUT2D eigenvalue weighted by atomic mass is 16.3. The van der Waals surface area contributed by atoms with Gasteiger partial charge in [-0.05, 0) is 253 Å². The van der Waals surface area contributed by atoms with Gasteiger partial charge < -0.3 is 35.7 Å². The second-order valence-electron chi connectivity index (χ2n) is 42.4. The molecule has 7 nitrogen and oxygen atoms in total. The van der Waals surface area contributed by atoms with Crippen molar-refractivity contribution in [1.82, 2.24) is 0 Å². The van der Waals surface area contributed by atoms with Crippen LogP contribution in [0.2, 0.25) is 0 Å². The Morgan fingerprint density at radius 3 is 0.859 bits per heavy atom. The molecular formula is C92H182O7. The van der Waals surface area contributed by atoms with Gasteiger partial charge in [-0.15, -0.1) is 6.58 Å². The Bertz CT molecular complexity index is 1980. The summed E-state index contributed by atoms with van der Waals surface area (Å²) >= 11 is 0. The molecule has 7 rings (SSSR count). The van der Waals surface area contributed by atoms with E-state index in [9.17, 15) is 35.7 Å². The van der Waals surface area contributed by atoms with Crippen molar-refractivity contribution in [2.24, 2.45) is 169 Å². The summed E-state index contributed by atoms with van der Waals surface area (Å²) in [4.78, 5) is 0. The quantitative estimate of drug-likeness (QED) is 0.102. The van der Waals surface area contributed by atoms with Gasteiger partial charge in [0.25, 0.3) is 0 Å². The van der Waals surface area contributed by atoms with Gasteiger partial charge in [0.1, 0.15) is 0 Å². The van der Waals surface area contributed by atoms with E-state index in [2.05, 4.69) is 235 Å². The molecule has 0 radical (unpaired) electrons. The second kappa shape index (κ2) is 43.5. The fraction of sp³-hybridized carbons (Fsp3) is 0.978. The summed E-state index contributed by atoms with van der Waals surface area (Å²) < 4.78 is 0. The normalized spacial score (nSPS) is 37.9. The Labute approximate surface area is 620 Å². The molecule has 7 aliphatic carbocycles. The zero-order valence-corrected chi connectivity index (χ0v) is 72.7. The monoisotopic (exact) mass is 1400 g/mol. The predicted molar refractivity (Wildman–Crippen MR) is 432 cm³/mol. The highest BCUT2D eigenvalue weighted by molar-refractivity contribution is 4.99. The largest absolute Gasteiger partial charge is 0.393 e. The van der Waals surface area contributed by atoms with Gasteiger partial charge in [0.05, 0.1) is 42.7 Å². The van der Waals surface area contributed by atoms with Crippen molar-refractivity contribution in [3.8, 4) is 0 Å². The van der Waals surface area contributed by atoms with E-state index >= 15 is 0 Å². The van der Waals surface area contributed by atoms with Gasteiger partial charge in [0.2, 0.25) is 0 Å². The van der Waals surface area contributed by atoms with Crippen LogP contribution in [0, 0.1) is 169 Å². The molecule has 7 fully saturated rings. The lowest BCUT2D eigenvalue weighted by molar-refractivity contribution is -0.0991. The summed E-state index contributed by atoms with van der Waals surface area (Å²) in [5, 5.41) is 71.5. The molecule has 0 aromatic carbocycles. The smallest absolute Gasteiger partial charge is 0.0606 e. The van der Waals surface area contributed by atoms with Crippen molar-refractivity contribution in [3.05, 3.63) is 12.7 Å². The van der Waals surface area contributed by atoms with Gasteiger partial charge in [0, 0.05) is 5.92 Å². The van der Waals surface area contributed by atoms with Crippen molar-refractivity contribution in [1.29, 1.82) is 0 Å². The number of aliphatic hydroxyl groups is 7. The Morgan fingerprint density at radius 2 is 0.606 bits per heavy atom. The van der Waals surface area contributed by atoms with Crippen LogP contribution in [0.25, 0.3) is 0 Å². The van der Waals surface area contributed by atoms with Crippen molar-refractivity contribution in [2.45, 2.75) is 406 Å². The van der Waals surface area contributed by atoms with Gasteiger partial charge >= 0.3 is 0 Å². The molecule has 7 N–H and O–H groups in total. The number of hydrogen-bond acceptors (Lipinski definition) is 7. The van der Waals surface area contributed by atoms with Gasteiger partial charge in [-0.2, -0.15) is 0 Å². The summed E-state index contributed by atoms with van der Waals surface area (Å²) in [6.45, 7) is 78.7. The molecule has 14 atom stereocenters. The van der Waals surface area contributed by atoms with Crippen molar-refractivity contribution >= 4 is 0 Å². The third kappa shape index (κ3) is 31.3. The average molecular weight is 1400 g/mol. The van der Waals surface area contributed by atoms with Crippen molar-refractivity contribution < 1.29 is 35.7 Å². The maximum Gasteiger partial charge on any atom is 0.0606 e. The Kier molecular flexibility index (Phi) is 42.3. The minimum absolute atomic E-state index is 0.0159. The summed E-state index contributed by atoms with van der Waals surface area (Å²) in [5.74, 6) is 14.4. The number of hydrogen-bond donors (Lipinski definition) is 7. The summed E-state index contributed by atoms with van der Waals surface area (Å²) in [6, 6.07) is 0. The first-order valence-corrected chi connectivity index (χ1v) is 42.7. The Hall–Kier alpha value is -0.540. The molecule has 0 spiro atoms. The van der Waals surface area contributed by atoms with Gasteiger partial charge in [-0.1, -0.05) is 280 Å². The molecule has 0 aromatic rings. The number of aliphatic hydroxyl groups excluding tert-OH is 7. The first kappa shape index (κ1) is 96.5. The van der Waals surface area contributed by atoms with E-state index in [1.54, 1.807) is 0 Å². The van der Waals surface area contributed by atoms with E-state index in [0.717, 1.165) is 74.0 Å². The van der Waals surface area contributed by atoms with E-state index < -0.39 is 0 Å². The molecule has 7 heteroatoms. The lowest BCUT2D eigenvalue weighted by Gasteiger charge is -2.52. The third-order valence-electron chi connectivity index (χ3n) is 27.7. The molecular weight excluding hydrogens is 1220 g/mol. The maximum absolute atomic E-state index is 10.9. The van der Waals surface area contributed by atoms with Gasteiger partial charge in [-0.25, -0.2) is 0 Å². The van der Waals surface area contributed by atoms with Crippen LogP contribution in [0.5, 0.6) is 0 Å². The topological polar surface area (TPSA) is 142 Å². The third-order valence-corrected chi connectivity index (χ3v) is 27.7. The molecule has 0 aromatic heterocycles. The van der Waals surface area contributed by atoms with Gasteiger partial charge in [-0.3, -0.25) is 0 Å². The maximum atomic E-state index is 10.9. The van der Waals surface area contributed by atoms with E-state index in [1.807, 2.05) is 6.08 Å². The zero-order chi connectivity index (χ0) is 77.0. The second-order valence-corrected chi connectivity index (χ2v) is 42.4. The van der Waals surface area contributed by atoms with E-state index in [0.29, 0.717) is 112 Å². The van der Waals surface area contributed by atoms with E-state index in [1.165, 1.54) is 96.3 Å². The van der Waals surface area contributed by atoms with Crippen molar-refractivity contribution in [2.75, 3.05) is 0 Å². The molecule has 7 saturated carbocycles. The molecule has 7 aliphatic rings. The first-order valence-electron chi connectivity index (χ1n) is 42.7. The molecule has 0 amide bonds. The molecule has 0 bridgehead atoms. The van der Waals surface area contributed by atoms with E-state index in [-0.39, 0.29) is 64.4 Å². The number of rotatable bonds is 11. The molecule has 99 heavy (non-hydrogen) atoms. The summed E-state index contributed by atoms with van der Waals surface area (Å²) in [6.07, 6.45) is 26.3. The lowest BCUT2D eigenvalue weighted by atomic mass is 9.55. The zero-order valence-electron chi connectivity index (χ0n) is 72.7. The molecule has 0 aliphatic heterocycles. The van der Waals surface area contributed by atoms with Crippen LogP contribution in [0.1, 0.15) is 363 Å². The molecule has 0 saturated heterocycles. The van der Waals surface area contributed by atoms with Crippen LogP contribution in [-0.2, 0) is 0 Å². The summed E-state index contributed by atoms with van der Waals surface area (Å²) in [7, 11) is 0. The standard InChI is InChI=1S/C18H36O.2C15H30O.C13H26O.C12H24O.C11H22O.C8H14O/c1-16(2,3)12-10-13(17(4,5)6)15(19)14(11-12)18(7,8)9;1-10-8-11(14(2,3)4)13(16)12(9-10)15(5,6)7;1-9(2)12-7-13(10(3)4)15(16)14(8-12)11(5)6;1-8(2)11-6-10(5)7-12(9(3)4)13(11)14;1-4-9-7-10(5-2)12(13)11(6-3)8-9;1-4-9-6-8(3)7-10(5-2)11(9)12;1-2-7-5-3-4-6-8(7)9/h12-15,19H,10-11H2,1-9H3;10-13,16H,8-9H2,1-7H3;9-16H,7-8H2,1-6H3;8-14H,6-7H2,1-5H3;9-13H,4-8H2,1-3H3;8-12H,4-7H2,1-3H3;2,7-9H,1,3-6H2. The highest BCUT2D eigenvalue weighted by Gasteiger charge is 2.49. The Balaban J connectivity index is 0.000000583. The van der Waals surface area contributed by atoms with Crippen LogP contribution in [0.15, 0.2) is 12.7 Å². The molecule has 14 unspecified atom stereocenters. The predicted octanol–water partition coefficient (Wildman–Crippen LogP) is 24.3. The molecule has 592 valence electrons. The van der Waals surface area contributed by atoms with Crippen molar-refractivity contribution in [3.63, 3.8) is 0 Å². The SMILES string of the molecule is C=CC1CCCCC1O.CC(C)(C)C1CC(C(C)(C)C)C(O)C(C(C)(C)C)C1.CC(C)C1CC(C(C)C)C(O)C(C(C)C)C1.CC1CC(C(C)(C)C)C(O)C(C(C)(C)C)C1.CC1CC(C(C)C)C(O)C(C(C)C)C1.CCC1CC(C)CC(CC)C1O.CCC1CC(CC)C(O)C(CC)C1. The van der Waals surface area contributed by atoms with Crippen LogP contribution >= 0.6 is 0 Å². The van der Waals surface area contributed by atoms with E-state index in [4.69, 9.17) is 0 Å². The minimum Gasteiger partial charge on any atom is -0.393 e. The average Bonchev–Trinajstić information content (AvgIpc) is 0.782. The van der Waals surface area contributed by atoms with Crippen LogP contribution in [-0.4, -0.2) is 78.5 Å².